The zero-order valence-electron chi connectivity index (χ0n) is 12.8. The van der Waals surface area contributed by atoms with E-state index in [4.69, 9.17) is 10.2 Å². The largest absolute Gasteiger partial charge is 0.463 e. The molecule has 0 saturated heterocycles. The Kier molecular flexibility index (Phi) is 4.45. The number of amides is 1. The first-order valence-electron chi connectivity index (χ1n) is 7.84. The van der Waals surface area contributed by atoms with Crippen molar-refractivity contribution >= 4 is 11.6 Å². The van der Waals surface area contributed by atoms with Crippen molar-refractivity contribution < 1.29 is 9.21 Å². The predicted octanol–water partition coefficient (Wildman–Crippen LogP) is 1.53. The molecular weight excluding hydrogens is 296 g/mol. The third-order valence-electron chi connectivity index (χ3n) is 4.04. The van der Waals surface area contributed by atoms with Crippen LogP contribution in [0.2, 0.25) is 0 Å². The van der Waals surface area contributed by atoms with E-state index >= 15 is 0 Å². The molecule has 1 amide bonds. The van der Waals surface area contributed by atoms with Crippen molar-refractivity contribution in [3.8, 4) is 11.5 Å². The molecule has 0 unspecified atom stereocenters. The molecule has 0 aliphatic heterocycles. The molecule has 1 aliphatic rings. The summed E-state index contributed by atoms with van der Waals surface area (Å²) in [5.74, 6) is 0.278. The van der Waals surface area contributed by atoms with Crippen molar-refractivity contribution in [1.29, 1.82) is 0 Å². The van der Waals surface area contributed by atoms with Gasteiger partial charge in [-0.1, -0.05) is 19.3 Å². The summed E-state index contributed by atoms with van der Waals surface area (Å²) >= 11 is 0. The van der Waals surface area contributed by atoms with E-state index in [0.717, 1.165) is 30.4 Å². The molecule has 3 rings (SSSR count). The maximum absolute atomic E-state index is 12.2. The van der Waals surface area contributed by atoms with Crippen LogP contribution in [0.15, 0.2) is 33.7 Å². The minimum absolute atomic E-state index is 0.0388. The van der Waals surface area contributed by atoms with Gasteiger partial charge in [-0.2, -0.15) is 5.10 Å². The summed E-state index contributed by atoms with van der Waals surface area (Å²) < 4.78 is 6.35. The van der Waals surface area contributed by atoms with Gasteiger partial charge in [0.15, 0.2) is 5.76 Å². The minimum Gasteiger partial charge on any atom is -0.463 e. The van der Waals surface area contributed by atoms with Crippen molar-refractivity contribution in [1.82, 2.24) is 15.1 Å². The first kappa shape index (κ1) is 15.3. The topological polar surface area (TPSA) is 103 Å². The number of hydrogen-bond acceptors (Lipinski definition) is 5. The number of furan rings is 1. The van der Waals surface area contributed by atoms with Gasteiger partial charge in [0.1, 0.15) is 17.9 Å². The van der Waals surface area contributed by atoms with Crippen LogP contribution in [-0.2, 0) is 11.3 Å². The van der Waals surface area contributed by atoms with Crippen LogP contribution in [0.5, 0.6) is 0 Å². The van der Waals surface area contributed by atoms with Crippen LogP contribution >= 0.6 is 0 Å². The van der Waals surface area contributed by atoms with Crippen LogP contribution in [0, 0.1) is 0 Å². The molecule has 23 heavy (non-hydrogen) atoms. The summed E-state index contributed by atoms with van der Waals surface area (Å²) in [6.45, 7) is -0.145. The lowest BCUT2D eigenvalue weighted by Gasteiger charge is -2.22. The molecule has 1 fully saturated rings. The molecule has 0 bridgehead atoms. The monoisotopic (exact) mass is 316 g/mol. The summed E-state index contributed by atoms with van der Waals surface area (Å²) in [7, 11) is 0. The van der Waals surface area contributed by atoms with Crippen LogP contribution in [0.1, 0.15) is 32.1 Å². The van der Waals surface area contributed by atoms with Crippen LogP contribution in [0.4, 0.5) is 5.69 Å². The summed E-state index contributed by atoms with van der Waals surface area (Å²) in [5.41, 5.74) is 5.73. The van der Waals surface area contributed by atoms with E-state index in [1.165, 1.54) is 18.8 Å². The highest BCUT2D eigenvalue weighted by Gasteiger charge is 2.17. The molecule has 2 aromatic rings. The Morgan fingerprint density at radius 3 is 2.87 bits per heavy atom. The van der Waals surface area contributed by atoms with Crippen molar-refractivity contribution in [2.45, 2.75) is 44.7 Å². The third kappa shape index (κ3) is 3.61. The van der Waals surface area contributed by atoms with Gasteiger partial charge in [0.25, 0.3) is 5.56 Å². The second-order valence-electron chi connectivity index (χ2n) is 5.83. The number of rotatable bonds is 4. The lowest BCUT2D eigenvalue weighted by Crippen LogP contribution is -2.40. The van der Waals surface area contributed by atoms with Crippen molar-refractivity contribution in [3.05, 3.63) is 34.8 Å². The van der Waals surface area contributed by atoms with E-state index in [0.29, 0.717) is 11.5 Å². The van der Waals surface area contributed by atoms with E-state index in [2.05, 4.69) is 10.4 Å². The number of nitrogens with zero attached hydrogens (tertiary/aromatic N) is 2. The number of carbonyl (C=O) groups is 1. The van der Waals surface area contributed by atoms with Crippen molar-refractivity contribution in [2.75, 3.05) is 5.73 Å². The summed E-state index contributed by atoms with van der Waals surface area (Å²) in [5, 5.41) is 7.14. The average molecular weight is 316 g/mol. The summed E-state index contributed by atoms with van der Waals surface area (Å²) in [6, 6.07) is 5.09. The second kappa shape index (κ2) is 6.68. The molecule has 3 N–H and O–H groups in total. The van der Waals surface area contributed by atoms with Gasteiger partial charge >= 0.3 is 0 Å². The van der Waals surface area contributed by atoms with E-state index in [1.54, 1.807) is 12.1 Å². The molecular formula is C16H20N4O3. The number of carbonyl (C=O) groups excluding carboxylic acids is 1. The quantitative estimate of drug-likeness (QED) is 0.890. The van der Waals surface area contributed by atoms with Gasteiger partial charge in [0.05, 0.1) is 6.26 Å². The Balaban J connectivity index is 1.76. The standard InChI is InChI=1S/C16H20N4O3/c17-12-9-13(14-7-4-8-23-14)19-20(16(12)22)10-15(21)18-11-5-2-1-3-6-11/h4,7-9,11H,1-3,5-6,10,17H2,(H,18,21). The highest BCUT2D eigenvalue weighted by atomic mass is 16.3. The molecule has 0 radical (unpaired) electrons. The number of nitrogens with one attached hydrogen (secondary N) is 1. The maximum atomic E-state index is 12.2. The minimum atomic E-state index is -0.473. The number of nitrogen functional groups attached to an aromatic ring is 1. The van der Waals surface area contributed by atoms with Crippen molar-refractivity contribution in [3.63, 3.8) is 0 Å². The highest BCUT2D eigenvalue weighted by molar-refractivity contribution is 5.76. The zero-order chi connectivity index (χ0) is 16.2. The SMILES string of the molecule is Nc1cc(-c2ccco2)nn(CC(=O)NC2CCCCC2)c1=O. The Morgan fingerprint density at radius 2 is 2.17 bits per heavy atom. The molecule has 7 nitrogen and oxygen atoms in total. The van der Waals surface area contributed by atoms with Crippen LogP contribution in [0.3, 0.4) is 0 Å². The van der Waals surface area contributed by atoms with Gasteiger partial charge in [-0.25, -0.2) is 4.68 Å². The van der Waals surface area contributed by atoms with Gasteiger partial charge in [0.2, 0.25) is 5.91 Å². The lowest BCUT2D eigenvalue weighted by atomic mass is 9.95. The molecule has 7 heteroatoms. The van der Waals surface area contributed by atoms with E-state index < -0.39 is 5.56 Å². The number of aromatic nitrogens is 2. The fourth-order valence-corrected chi connectivity index (χ4v) is 2.87. The van der Waals surface area contributed by atoms with Gasteiger partial charge in [-0.3, -0.25) is 9.59 Å². The average Bonchev–Trinajstić information content (AvgIpc) is 3.07. The molecule has 2 aromatic heterocycles. The van der Waals surface area contributed by atoms with Crippen LogP contribution in [-0.4, -0.2) is 21.7 Å². The fourth-order valence-electron chi connectivity index (χ4n) is 2.87. The number of anilines is 1. The Bertz CT molecular complexity index is 730. The first-order chi connectivity index (χ1) is 11.1. The van der Waals surface area contributed by atoms with Crippen LogP contribution < -0.4 is 16.6 Å². The zero-order valence-corrected chi connectivity index (χ0v) is 12.8. The third-order valence-corrected chi connectivity index (χ3v) is 4.04. The molecule has 0 atom stereocenters. The maximum Gasteiger partial charge on any atom is 0.290 e. The van der Waals surface area contributed by atoms with Gasteiger partial charge in [-0.15, -0.1) is 0 Å². The van der Waals surface area contributed by atoms with Crippen molar-refractivity contribution in [2.24, 2.45) is 0 Å². The number of nitrogens with two attached hydrogens (primary N) is 1. The van der Waals surface area contributed by atoms with E-state index in [9.17, 15) is 9.59 Å². The van der Waals surface area contributed by atoms with Gasteiger partial charge < -0.3 is 15.5 Å². The normalized spacial score (nSPS) is 15.5. The highest BCUT2D eigenvalue weighted by Crippen LogP contribution is 2.18. The van der Waals surface area contributed by atoms with Crippen LogP contribution in [0.25, 0.3) is 11.5 Å². The second-order valence-corrected chi connectivity index (χ2v) is 5.83. The Labute approximate surface area is 133 Å². The van der Waals surface area contributed by atoms with E-state index in [1.807, 2.05) is 0 Å². The molecule has 1 saturated carbocycles. The Morgan fingerprint density at radius 1 is 1.39 bits per heavy atom. The van der Waals surface area contributed by atoms with E-state index in [-0.39, 0.29) is 24.2 Å². The number of hydrogen-bond donors (Lipinski definition) is 2. The molecule has 2 heterocycles. The summed E-state index contributed by atoms with van der Waals surface area (Å²) in [6.07, 6.45) is 6.97. The van der Waals surface area contributed by atoms with Gasteiger partial charge in [0, 0.05) is 6.04 Å². The molecule has 0 spiro atoms. The predicted molar refractivity (Wildman–Crippen MR) is 85.6 cm³/mol. The molecule has 1 aliphatic carbocycles. The van der Waals surface area contributed by atoms with Gasteiger partial charge in [-0.05, 0) is 31.0 Å². The summed E-state index contributed by atoms with van der Waals surface area (Å²) in [4.78, 5) is 24.3. The first-order valence-corrected chi connectivity index (χ1v) is 7.84. The Hall–Kier alpha value is -2.57. The smallest absolute Gasteiger partial charge is 0.290 e. The lowest BCUT2D eigenvalue weighted by molar-refractivity contribution is -0.122. The molecule has 0 aromatic carbocycles. The molecule has 122 valence electrons. The fraction of sp³-hybridized carbons (Fsp3) is 0.438.